The fraction of sp³-hybridized carbons (Fsp3) is 0.472. The van der Waals surface area contributed by atoms with Crippen LogP contribution < -0.4 is 27.2 Å². The van der Waals surface area contributed by atoms with Crippen molar-refractivity contribution >= 4 is 41.9 Å². The van der Waals surface area contributed by atoms with Crippen molar-refractivity contribution in [3.8, 4) is 0 Å². The average Bonchev–Trinajstić information content (AvgIpc) is 3.76. The second kappa shape index (κ2) is 14.3. The molecule has 8 atom stereocenters. The molecule has 2 aliphatic carbocycles. The smallest absolute Gasteiger partial charge is 0.341 e. The number of carbonyl (C=O) groups excluding carboxylic acids is 2. The molecule has 51 heavy (non-hydrogen) atoms. The summed E-state index contributed by atoms with van der Waals surface area (Å²) in [4.78, 5) is 58.3. The lowest BCUT2D eigenvalue weighted by Gasteiger charge is -2.62. The van der Waals surface area contributed by atoms with Crippen molar-refractivity contribution in [1.29, 1.82) is 0 Å². The number of pyridine rings is 1. The molecule has 0 bridgehead atoms. The Morgan fingerprint density at radius 3 is 2.76 bits per heavy atom. The monoisotopic (exact) mass is 699 g/mol. The number of nitrogen functional groups attached to an aromatic ring is 1. The van der Waals surface area contributed by atoms with Crippen molar-refractivity contribution in [3.63, 3.8) is 0 Å². The first-order valence-corrected chi connectivity index (χ1v) is 17.1. The number of allylic oxidation sites excluding steroid dienone is 1. The Morgan fingerprint density at radius 2 is 2.08 bits per heavy atom. The van der Waals surface area contributed by atoms with Crippen LogP contribution in [0.5, 0.6) is 0 Å². The molecule has 4 aliphatic rings. The van der Waals surface area contributed by atoms with Crippen molar-refractivity contribution in [1.82, 2.24) is 25.6 Å². The van der Waals surface area contributed by atoms with Gasteiger partial charge in [-0.3, -0.25) is 25.2 Å². The molecule has 6 rings (SSSR count). The van der Waals surface area contributed by atoms with Gasteiger partial charge < -0.3 is 26.0 Å². The molecule has 1 amide bonds. The van der Waals surface area contributed by atoms with Gasteiger partial charge in [0.25, 0.3) is 5.56 Å². The summed E-state index contributed by atoms with van der Waals surface area (Å²) in [5.74, 6) is -0.423. The molecule has 270 valence electrons. The Balaban J connectivity index is 1.36. The van der Waals surface area contributed by atoms with E-state index in [9.17, 15) is 24.6 Å². The standard InChI is InChI=1S/C36H45N9O6/c1-19-24(15-26(43-29-7-5-6-10-38-29)23-14-22(51-32(23)50)13-21-17-41-33(37)44-31(21)49)35(3)9-8-28(47)36(4,18-46)27(35)16-25(19)42-20(2)30(48)45-34-39-11-12-40-34/h5-7,10-11,13-14,17,20,24-28,42,46-47H,1,8-9,12,15-16,18H2,2-4H3,(H,38,43)(H,40,45,48)(H3,37,41,44,49)/b22-13+/t20?,24?,25?,26?,27?,28-,35-,36+/m1/s1. The number of aliphatic hydroxyl groups is 2. The van der Waals surface area contributed by atoms with Crippen molar-refractivity contribution in [3.05, 3.63) is 76.1 Å². The van der Waals surface area contributed by atoms with E-state index in [1.54, 1.807) is 37.5 Å². The number of nitrogens with zero attached hydrogens (tertiary/aromatic N) is 4. The van der Waals surface area contributed by atoms with Crippen molar-refractivity contribution in [2.75, 3.05) is 24.2 Å². The fourth-order valence-electron chi connectivity index (χ4n) is 8.24. The van der Waals surface area contributed by atoms with Crippen LogP contribution in [0.4, 0.5) is 11.8 Å². The molecule has 15 nitrogen and oxygen atoms in total. The Kier molecular flexibility index (Phi) is 10.1. The van der Waals surface area contributed by atoms with Crippen LogP contribution in [0, 0.1) is 22.7 Å². The number of hydrogen-bond donors (Lipinski definition) is 7. The molecule has 4 heterocycles. The van der Waals surface area contributed by atoms with E-state index in [1.807, 2.05) is 13.0 Å². The Hall–Kier alpha value is -4.99. The summed E-state index contributed by atoms with van der Waals surface area (Å²) in [5.41, 5.74) is 5.15. The Morgan fingerprint density at radius 1 is 1.27 bits per heavy atom. The highest BCUT2D eigenvalue weighted by Gasteiger charge is 2.60. The normalized spacial score (nSPS) is 30.6. The minimum atomic E-state index is -0.837. The summed E-state index contributed by atoms with van der Waals surface area (Å²) < 4.78 is 5.64. The van der Waals surface area contributed by atoms with Crippen LogP contribution in [-0.2, 0) is 14.3 Å². The summed E-state index contributed by atoms with van der Waals surface area (Å²) in [7, 11) is 0. The number of rotatable bonds is 10. The number of aliphatic hydroxyl groups excluding tert-OH is 2. The number of guanidine groups is 1. The number of hydrogen-bond acceptors (Lipinski definition) is 13. The molecule has 0 spiro atoms. The van der Waals surface area contributed by atoms with Crippen LogP contribution in [0.1, 0.15) is 52.0 Å². The quantitative estimate of drug-likeness (QED) is 0.139. The van der Waals surface area contributed by atoms with Gasteiger partial charge in [-0.25, -0.2) is 24.7 Å². The molecular weight excluding hydrogens is 654 g/mol. The van der Waals surface area contributed by atoms with Gasteiger partial charge in [-0.15, -0.1) is 0 Å². The molecule has 15 heteroatoms. The Bertz CT molecular complexity index is 1870. The van der Waals surface area contributed by atoms with E-state index in [2.05, 4.69) is 54.4 Å². The average molecular weight is 700 g/mol. The Labute approximate surface area is 295 Å². The number of cyclic esters (lactones) is 1. The molecule has 0 saturated heterocycles. The maximum absolute atomic E-state index is 13.6. The highest BCUT2D eigenvalue weighted by molar-refractivity contribution is 6.04. The van der Waals surface area contributed by atoms with Gasteiger partial charge in [0.15, 0.2) is 5.95 Å². The van der Waals surface area contributed by atoms with Gasteiger partial charge in [0.05, 0.1) is 42.5 Å². The third-order valence-electron chi connectivity index (χ3n) is 11.2. The number of esters is 1. The molecule has 0 radical (unpaired) electrons. The number of aromatic nitrogens is 3. The second-order valence-corrected chi connectivity index (χ2v) is 14.3. The zero-order chi connectivity index (χ0) is 36.5. The van der Waals surface area contributed by atoms with Gasteiger partial charge in [0, 0.05) is 30.1 Å². The largest absolute Gasteiger partial charge is 0.423 e. The number of nitrogens with two attached hydrogens (primary N) is 1. The SMILES string of the molecule is C=C1C(NC(C)C(=O)NC2=NCC=N2)CC2[C@](C)(CC[C@@H](O)[C@@]2(C)CO)C1CC(Nc1ccccn1)C1=C/C(=C\c2cnc(N)[nH]c2=O)OC1=O. The van der Waals surface area contributed by atoms with E-state index in [1.165, 1.54) is 12.3 Å². The summed E-state index contributed by atoms with van der Waals surface area (Å²) in [6.07, 6.45) is 8.87. The molecule has 2 aromatic rings. The summed E-state index contributed by atoms with van der Waals surface area (Å²) in [6, 6.07) is 3.76. The van der Waals surface area contributed by atoms with E-state index in [0.29, 0.717) is 43.6 Å². The molecule has 0 aromatic carbocycles. The van der Waals surface area contributed by atoms with Gasteiger partial charge in [0.2, 0.25) is 11.9 Å². The number of fused-ring (bicyclic) bond motifs is 1. The van der Waals surface area contributed by atoms with Crippen molar-refractivity contribution in [2.45, 2.75) is 70.7 Å². The predicted molar refractivity (Wildman–Crippen MR) is 192 cm³/mol. The first-order chi connectivity index (χ1) is 24.3. The number of carbonyl (C=O) groups is 2. The first kappa shape index (κ1) is 35.8. The highest BCUT2D eigenvalue weighted by atomic mass is 16.5. The van der Waals surface area contributed by atoms with Crippen LogP contribution in [-0.4, -0.2) is 86.6 Å². The number of nitrogens with one attached hydrogen (secondary N) is 4. The van der Waals surface area contributed by atoms with Gasteiger partial charge >= 0.3 is 5.97 Å². The molecule has 5 unspecified atom stereocenters. The third kappa shape index (κ3) is 7.14. The van der Waals surface area contributed by atoms with Gasteiger partial charge in [-0.05, 0) is 74.1 Å². The number of ether oxygens (including phenoxy) is 1. The van der Waals surface area contributed by atoms with Crippen LogP contribution in [0.25, 0.3) is 6.08 Å². The number of amides is 1. The van der Waals surface area contributed by atoms with E-state index >= 15 is 0 Å². The molecular formula is C36H45N9O6. The molecule has 2 fully saturated rings. The van der Waals surface area contributed by atoms with Crippen molar-refractivity contribution < 1.29 is 24.5 Å². The lowest BCUT2D eigenvalue weighted by atomic mass is 9.45. The van der Waals surface area contributed by atoms with Crippen LogP contribution >= 0.6 is 0 Å². The number of anilines is 2. The highest BCUT2D eigenvalue weighted by Crippen LogP contribution is 2.62. The molecule has 2 saturated carbocycles. The minimum absolute atomic E-state index is 0.0337. The summed E-state index contributed by atoms with van der Waals surface area (Å²) in [5, 5.41) is 31.7. The van der Waals surface area contributed by atoms with E-state index in [0.717, 1.165) is 5.57 Å². The van der Waals surface area contributed by atoms with Gasteiger partial charge in [-0.1, -0.05) is 32.1 Å². The number of aliphatic imine (C=N–C) groups is 2. The lowest BCUT2D eigenvalue weighted by molar-refractivity contribution is -0.156. The molecule has 2 aliphatic heterocycles. The summed E-state index contributed by atoms with van der Waals surface area (Å²) in [6.45, 7) is 10.6. The molecule has 8 N–H and O–H groups in total. The topological polar surface area (TPSA) is 229 Å². The third-order valence-corrected chi connectivity index (χ3v) is 11.2. The minimum Gasteiger partial charge on any atom is -0.423 e. The molecule has 2 aromatic heterocycles. The van der Waals surface area contributed by atoms with Crippen LogP contribution in [0.15, 0.2) is 74.9 Å². The van der Waals surface area contributed by atoms with Crippen molar-refractivity contribution in [2.24, 2.45) is 32.7 Å². The van der Waals surface area contributed by atoms with E-state index in [-0.39, 0.29) is 53.6 Å². The van der Waals surface area contributed by atoms with E-state index < -0.39 is 40.5 Å². The maximum atomic E-state index is 13.6. The van der Waals surface area contributed by atoms with E-state index in [4.69, 9.17) is 10.5 Å². The zero-order valence-corrected chi connectivity index (χ0v) is 28.9. The number of aromatic amines is 1. The fourth-order valence-corrected chi connectivity index (χ4v) is 8.24. The predicted octanol–water partition coefficient (Wildman–Crippen LogP) is 1.70. The van der Waals surface area contributed by atoms with Gasteiger partial charge in [-0.2, -0.15) is 0 Å². The van der Waals surface area contributed by atoms with Crippen LogP contribution in [0.3, 0.4) is 0 Å². The van der Waals surface area contributed by atoms with Crippen LogP contribution in [0.2, 0.25) is 0 Å². The number of H-pyrrole nitrogens is 1. The second-order valence-electron chi connectivity index (χ2n) is 14.3. The van der Waals surface area contributed by atoms with Gasteiger partial charge in [0.1, 0.15) is 11.6 Å². The first-order valence-electron chi connectivity index (χ1n) is 17.1. The maximum Gasteiger partial charge on any atom is 0.341 e. The summed E-state index contributed by atoms with van der Waals surface area (Å²) >= 11 is 0. The zero-order valence-electron chi connectivity index (χ0n) is 28.9. The lowest BCUT2D eigenvalue weighted by Crippen LogP contribution is -2.62.